The molecule has 0 amide bonds. The van der Waals surface area contributed by atoms with Gasteiger partial charge < -0.3 is 4.98 Å². The minimum atomic E-state index is -0.422. The predicted octanol–water partition coefficient (Wildman–Crippen LogP) is 1.27. The number of aromatic amines is 1. The Balaban J connectivity index is 2.85. The van der Waals surface area contributed by atoms with Crippen LogP contribution in [0.15, 0.2) is 27.8 Å². The van der Waals surface area contributed by atoms with Crippen molar-refractivity contribution in [2.75, 3.05) is 5.75 Å². The number of halogens is 1. The van der Waals surface area contributed by atoms with E-state index in [2.05, 4.69) is 17.6 Å². The van der Waals surface area contributed by atoms with Crippen molar-refractivity contribution in [3.63, 3.8) is 0 Å². The van der Waals surface area contributed by atoms with Gasteiger partial charge in [0.25, 0.3) is 5.56 Å². The summed E-state index contributed by atoms with van der Waals surface area (Å²) in [5.74, 6) is 0.426. The Morgan fingerprint density at radius 3 is 2.81 bits per heavy atom. The van der Waals surface area contributed by atoms with Gasteiger partial charge in [0.1, 0.15) is 0 Å². The summed E-state index contributed by atoms with van der Waals surface area (Å²) in [6.45, 7) is 0.278. The molecule has 1 heterocycles. The molecule has 0 spiro atoms. The smallest absolute Gasteiger partial charge is 0.307 e. The van der Waals surface area contributed by atoms with Crippen molar-refractivity contribution in [3.8, 4) is 0 Å². The van der Waals surface area contributed by atoms with Gasteiger partial charge in [0.2, 0.25) is 0 Å². The van der Waals surface area contributed by atoms with E-state index in [-0.39, 0.29) is 12.1 Å². The summed E-state index contributed by atoms with van der Waals surface area (Å²) in [4.78, 5) is 26.1. The largest absolute Gasteiger partial charge is 0.328 e. The standard InChI is InChI=1S/C10H9ClN2O2S/c11-6-1-2-8-7(5-6)9(14)13(3-4-16)10(15)12-8/h1-2,5,16H,3-4H2,(H,12,15). The first-order valence-corrected chi connectivity index (χ1v) is 5.68. The number of thiol groups is 1. The van der Waals surface area contributed by atoms with E-state index in [1.807, 2.05) is 0 Å². The molecule has 0 aliphatic heterocycles. The van der Waals surface area contributed by atoms with E-state index in [1.165, 1.54) is 0 Å². The summed E-state index contributed by atoms with van der Waals surface area (Å²) in [5, 5.41) is 0.878. The molecule has 4 nitrogen and oxygen atoms in total. The highest BCUT2D eigenvalue weighted by atomic mass is 35.5. The van der Waals surface area contributed by atoms with Crippen molar-refractivity contribution in [2.24, 2.45) is 0 Å². The number of nitrogens with zero attached hydrogens (tertiary/aromatic N) is 1. The Morgan fingerprint density at radius 1 is 1.38 bits per heavy atom. The van der Waals surface area contributed by atoms with Gasteiger partial charge >= 0.3 is 5.69 Å². The third-order valence-electron chi connectivity index (χ3n) is 2.27. The van der Waals surface area contributed by atoms with Crippen LogP contribution in [-0.2, 0) is 6.54 Å². The number of aromatic nitrogens is 2. The van der Waals surface area contributed by atoms with E-state index < -0.39 is 5.69 Å². The number of benzene rings is 1. The van der Waals surface area contributed by atoms with Crippen LogP contribution in [0.2, 0.25) is 5.02 Å². The summed E-state index contributed by atoms with van der Waals surface area (Å²) in [5.41, 5.74) is -0.265. The van der Waals surface area contributed by atoms with Crippen LogP contribution in [0.1, 0.15) is 0 Å². The molecule has 0 saturated heterocycles. The van der Waals surface area contributed by atoms with Gasteiger partial charge in [0.15, 0.2) is 0 Å². The first-order chi connectivity index (χ1) is 7.63. The summed E-state index contributed by atoms with van der Waals surface area (Å²) >= 11 is 9.81. The quantitative estimate of drug-likeness (QED) is 0.796. The molecule has 84 valence electrons. The summed E-state index contributed by atoms with van der Waals surface area (Å²) in [6.07, 6.45) is 0. The minimum absolute atomic E-state index is 0.278. The monoisotopic (exact) mass is 256 g/mol. The predicted molar refractivity (Wildman–Crippen MR) is 67.7 cm³/mol. The van der Waals surface area contributed by atoms with E-state index in [4.69, 9.17) is 11.6 Å². The van der Waals surface area contributed by atoms with Crippen LogP contribution in [0.5, 0.6) is 0 Å². The van der Waals surface area contributed by atoms with Gasteiger partial charge in [-0.05, 0) is 18.2 Å². The topological polar surface area (TPSA) is 54.9 Å². The highest BCUT2D eigenvalue weighted by Gasteiger charge is 2.06. The maximum Gasteiger partial charge on any atom is 0.328 e. The van der Waals surface area contributed by atoms with Gasteiger partial charge in [-0.25, -0.2) is 4.79 Å². The van der Waals surface area contributed by atoms with E-state index in [0.717, 1.165) is 4.57 Å². The van der Waals surface area contributed by atoms with E-state index in [0.29, 0.717) is 21.7 Å². The number of fused-ring (bicyclic) bond motifs is 1. The third-order valence-corrected chi connectivity index (χ3v) is 2.70. The van der Waals surface area contributed by atoms with Crippen molar-refractivity contribution in [1.82, 2.24) is 9.55 Å². The van der Waals surface area contributed by atoms with Crippen LogP contribution >= 0.6 is 24.2 Å². The Kier molecular flexibility index (Phi) is 3.07. The maximum atomic E-state index is 11.9. The molecule has 0 aliphatic carbocycles. The number of rotatable bonds is 2. The second-order valence-electron chi connectivity index (χ2n) is 3.30. The van der Waals surface area contributed by atoms with Gasteiger partial charge in [-0.15, -0.1) is 0 Å². The average Bonchev–Trinajstić information content (AvgIpc) is 2.26. The fraction of sp³-hybridized carbons (Fsp3) is 0.200. The molecule has 0 atom stereocenters. The number of hydrogen-bond acceptors (Lipinski definition) is 3. The van der Waals surface area contributed by atoms with Crippen LogP contribution in [-0.4, -0.2) is 15.3 Å². The Morgan fingerprint density at radius 2 is 2.12 bits per heavy atom. The number of nitrogens with one attached hydrogen (secondary N) is 1. The van der Waals surface area contributed by atoms with Gasteiger partial charge in [-0.2, -0.15) is 12.6 Å². The minimum Gasteiger partial charge on any atom is -0.307 e. The molecule has 0 fully saturated rings. The van der Waals surface area contributed by atoms with Crippen LogP contribution in [0.25, 0.3) is 10.9 Å². The van der Waals surface area contributed by atoms with Crippen molar-refractivity contribution < 1.29 is 0 Å². The van der Waals surface area contributed by atoms with Gasteiger partial charge in [-0.3, -0.25) is 9.36 Å². The second kappa shape index (κ2) is 4.35. The molecule has 0 bridgehead atoms. The molecule has 2 rings (SSSR count). The number of H-pyrrole nitrogens is 1. The van der Waals surface area contributed by atoms with Gasteiger partial charge in [0.05, 0.1) is 10.9 Å². The fourth-order valence-electron chi connectivity index (χ4n) is 1.53. The first kappa shape index (κ1) is 11.3. The van der Waals surface area contributed by atoms with Crippen molar-refractivity contribution in [2.45, 2.75) is 6.54 Å². The zero-order chi connectivity index (χ0) is 11.7. The molecule has 0 saturated carbocycles. The molecule has 0 radical (unpaired) electrons. The summed E-state index contributed by atoms with van der Waals surface area (Å²) < 4.78 is 1.12. The van der Waals surface area contributed by atoms with Gasteiger partial charge in [-0.1, -0.05) is 11.6 Å². The lowest BCUT2D eigenvalue weighted by molar-refractivity contribution is 0.692. The highest BCUT2D eigenvalue weighted by molar-refractivity contribution is 7.80. The van der Waals surface area contributed by atoms with E-state index >= 15 is 0 Å². The number of hydrogen-bond donors (Lipinski definition) is 2. The van der Waals surface area contributed by atoms with Crippen LogP contribution in [0.3, 0.4) is 0 Å². The molecule has 6 heteroatoms. The van der Waals surface area contributed by atoms with Crippen molar-refractivity contribution in [3.05, 3.63) is 44.1 Å². The lowest BCUT2D eigenvalue weighted by Gasteiger charge is -2.04. The van der Waals surface area contributed by atoms with E-state index in [1.54, 1.807) is 18.2 Å². The fourth-order valence-corrected chi connectivity index (χ4v) is 1.90. The lowest BCUT2D eigenvalue weighted by Crippen LogP contribution is -2.35. The molecular weight excluding hydrogens is 248 g/mol. The maximum absolute atomic E-state index is 11.9. The molecule has 1 N–H and O–H groups in total. The highest BCUT2D eigenvalue weighted by Crippen LogP contribution is 2.13. The molecule has 1 aromatic heterocycles. The van der Waals surface area contributed by atoms with E-state index in [9.17, 15) is 9.59 Å². The molecule has 16 heavy (non-hydrogen) atoms. The summed E-state index contributed by atoms with van der Waals surface area (Å²) in [7, 11) is 0. The molecular formula is C10H9ClN2O2S. The zero-order valence-electron chi connectivity index (χ0n) is 8.24. The molecule has 0 aliphatic rings. The Labute approximate surface area is 101 Å². The third kappa shape index (κ3) is 1.88. The Hall–Kier alpha value is -1.20. The molecule has 0 unspecified atom stereocenters. The SMILES string of the molecule is O=c1[nH]c2ccc(Cl)cc2c(=O)n1CCS. The lowest BCUT2D eigenvalue weighted by atomic mass is 10.2. The summed E-state index contributed by atoms with van der Waals surface area (Å²) in [6, 6.07) is 4.79. The molecule has 1 aromatic carbocycles. The van der Waals surface area contributed by atoms with Gasteiger partial charge in [0, 0.05) is 17.3 Å². The first-order valence-electron chi connectivity index (χ1n) is 4.66. The van der Waals surface area contributed by atoms with Crippen LogP contribution < -0.4 is 11.2 Å². The average molecular weight is 257 g/mol. The van der Waals surface area contributed by atoms with Crippen molar-refractivity contribution >= 4 is 35.1 Å². The second-order valence-corrected chi connectivity index (χ2v) is 4.18. The Bertz CT molecular complexity index is 647. The van der Waals surface area contributed by atoms with Crippen molar-refractivity contribution in [1.29, 1.82) is 0 Å². The normalized spacial score (nSPS) is 10.9. The molecule has 2 aromatic rings. The zero-order valence-corrected chi connectivity index (χ0v) is 9.89. The van der Waals surface area contributed by atoms with Crippen LogP contribution in [0, 0.1) is 0 Å². The van der Waals surface area contributed by atoms with Crippen LogP contribution in [0.4, 0.5) is 0 Å².